The van der Waals surface area contributed by atoms with Gasteiger partial charge in [0.2, 0.25) is 10.0 Å². The maximum Gasteiger partial charge on any atom is 0.409 e. The number of carbonyl (C=O) groups is 2. The van der Waals surface area contributed by atoms with E-state index in [-0.39, 0.29) is 28.6 Å². The Labute approximate surface area is 164 Å². The number of sulfonamides is 1. The van der Waals surface area contributed by atoms with Crippen LogP contribution < -0.4 is 4.72 Å². The Bertz CT molecular complexity index is 805. The Morgan fingerprint density at radius 2 is 1.78 bits per heavy atom. The number of hydrogen-bond donors (Lipinski definition) is 1. The lowest BCUT2D eigenvalue weighted by molar-refractivity contribution is 0.0535. The van der Waals surface area contributed by atoms with Crippen LogP contribution in [0.1, 0.15) is 24.2 Å². The minimum atomic E-state index is -3.51. The highest BCUT2D eigenvalue weighted by molar-refractivity contribution is 7.92. The van der Waals surface area contributed by atoms with E-state index in [1.165, 1.54) is 12.1 Å². The van der Waals surface area contributed by atoms with E-state index in [9.17, 15) is 18.0 Å². The molecule has 0 spiro atoms. The number of halogens is 1. The summed E-state index contributed by atoms with van der Waals surface area (Å²) in [5.74, 6) is 0.00915. The lowest BCUT2D eigenvalue weighted by atomic mass is 10.1. The van der Waals surface area contributed by atoms with Crippen LogP contribution in [0.3, 0.4) is 0 Å². The summed E-state index contributed by atoms with van der Waals surface area (Å²) in [5.41, 5.74) is 0.474. The summed E-state index contributed by atoms with van der Waals surface area (Å²) in [5, 5.41) is 0.203. The molecule has 1 aromatic carbocycles. The molecule has 0 unspecified atom stereocenters. The number of carbonyl (C=O) groups excluding carboxylic acids is 2. The molecular formula is C17H24ClN3O5S. The van der Waals surface area contributed by atoms with E-state index < -0.39 is 10.0 Å². The Hall–Kier alpha value is -2.00. The van der Waals surface area contributed by atoms with Gasteiger partial charge in [0, 0.05) is 31.7 Å². The van der Waals surface area contributed by atoms with Gasteiger partial charge in [0.1, 0.15) is 0 Å². The number of rotatable bonds is 5. The van der Waals surface area contributed by atoms with E-state index in [0.29, 0.717) is 38.3 Å². The van der Waals surface area contributed by atoms with Gasteiger partial charge in [0.25, 0.3) is 5.91 Å². The third-order valence-electron chi connectivity index (χ3n) is 3.87. The number of nitrogens with one attached hydrogen (secondary N) is 1. The second-order valence-electron chi connectivity index (χ2n) is 6.82. The third-order valence-corrected chi connectivity index (χ3v) is 4.79. The van der Waals surface area contributed by atoms with Crippen molar-refractivity contribution in [1.82, 2.24) is 9.80 Å². The molecule has 1 N–H and O–H groups in total. The first kappa shape index (κ1) is 21.3. The van der Waals surface area contributed by atoms with Gasteiger partial charge in [-0.1, -0.05) is 25.4 Å². The van der Waals surface area contributed by atoms with E-state index in [2.05, 4.69) is 4.72 Å². The molecule has 1 aliphatic rings. The topological polar surface area (TPSA) is 96.0 Å². The van der Waals surface area contributed by atoms with Crippen LogP contribution in [0.15, 0.2) is 18.2 Å². The van der Waals surface area contributed by atoms with Gasteiger partial charge in [-0.25, -0.2) is 13.2 Å². The van der Waals surface area contributed by atoms with Gasteiger partial charge >= 0.3 is 6.09 Å². The molecule has 0 atom stereocenters. The quantitative estimate of drug-likeness (QED) is 0.792. The Morgan fingerprint density at radius 3 is 2.33 bits per heavy atom. The monoisotopic (exact) mass is 417 g/mol. The zero-order valence-corrected chi connectivity index (χ0v) is 17.1. The summed E-state index contributed by atoms with van der Waals surface area (Å²) in [6, 6.07) is 4.43. The Balaban J connectivity index is 1.99. The van der Waals surface area contributed by atoms with Crippen LogP contribution in [0, 0.1) is 5.92 Å². The molecule has 1 aromatic rings. The molecule has 2 amide bonds. The largest absolute Gasteiger partial charge is 0.449 e. The van der Waals surface area contributed by atoms with E-state index in [1.54, 1.807) is 15.9 Å². The molecule has 150 valence electrons. The minimum absolute atomic E-state index is 0.154. The molecule has 1 fully saturated rings. The van der Waals surface area contributed by atoms with Crippen LogP contribution in [0.2, 0.25) is 5.02 Å². The fourth-order valence-corrected chi connectivity index (χ4v) is 3.33. The second kappa shape index (κ2) is 8.79. The van der Waals surface area contributed by atoms with Crippen molar-refractivity contribution in [2.45, 2.75) is 13.8 Å². The highest BCUT2D eigenvalue weighted by atomic mass is 35.5. The van der Waals surface area contributed by atoms with Gasteiger partial charge in [0.05, 0.1) is 23.6 Å². The number of anilines is 1. The predicted molar refractivity (Wildman–Crippen MR) is 104 cm³/mol. The van der Waals surface area contributed by atoms with Crippen molar-refractivity contribution >= 4 is 39.3 Å². The summed E-state index contributed by atoms with van der Waals surface area (Å²) in [4.78, 5) is 27.9. The van der Waals surface area contributed by atoms with Crippen molar-refractivity contribution < 1.29 is 22.7 Å². The molecule has 0 saturated carbocycles. The minimum Gasteiger partial charge on any atom is -0.449 e. The van der Waals surface area contributed by atoms with Gasteiger partial charge in [-0.3, -0.25) is 9.52 Å². The summed E-state index contributed by atoms with van der Waals surface area (Å²) in [6.45, 7) is 5.78. The van der Waals surface area contributed by atoms with Gasteiger partial charge in [-0.05, 0) is 24.1 Å². The SMILES string of the molecule is CC(C)COC(=O)N1CCN(C(=O)c2ccc(Cl)c(NS(C)(=O)=O)c2)CC1. The normalized spacial score (nSPS) is 15.0. The molecule has 0 bridgehead atoms. The molecule has 8 nitrogen and oxygen atoms in total. The maximum absolute atomic E-state index is 12.7. The maximum atomic E-state index is 12.7. The average Bonchev–Trinajstić information content (AvgIpc) is 2.60. The summed E-state index contributed by atoms with van der Waals surface area (Å²) in [7, 11) is -3.51. The molecular weight excluding hydrogens is 394 g/mol. The molecule has 2 rings (SSSR count). The van der Waals surface area contributed by atoms with Crippen molar-refractivity contribution in [3.63, 3.8) is 0 Å². The van der Waals surface area contributed by atoms with E-state index >= 15 is 0 Å². The van der Waals surface area contributed by atoms with E-state index in [0.717, 1.165) is 6.26 Å². The number of hydrogen-bond acceptors (Lipinski definition) is 5. The number of piperazine rings is 1. The summed E-state index contributed by atoms with van der Waals surface area (Å²) < 4.78 is 30.3. The van der Waals surface area contributed by atoms with Gasteiger partial charge in [0.15, 0.2) is 0 Å². The molecule has 10 heteroatoms. The third kappa shape index (κ3) is 6.28. The molecule has 0 aliphatic carbocycles. The van der Waals surface area contributed by atoms with Crippen molar-refractivity contribution in [3.8, 4) is 0 Å². The Morgan fingerprint density at radius 1 is 1.19 bits per heavy atom. The van der Waals surface area contributed by atoms with E-state index in [4.69, 9.17) is 16.3 Å². The average molecular weight is 418 g/mol. The van der Waals surface area contributed by atoms with E-state index in [1.807, 2.05) is 13.8 Å². The number of ether oxygens (including phenoxy) is 1. The second-order valence-corrected chi connectivity index (χ2v) is 8.97. The lowest BCUT2D eigenvalue weighted by Crippen LogP contribution is -2.50. The molecule has 0 radical (unpaired) electrons. The van der Waals surface area contributed by atoms with Crippen LogP contribution in [0.25, 0.3) is 0 Å². The van der Waals surface area contributed by atoms with Crippen molar-refractivity contribution in [2.75, 3.05) is 43.8 Å². The first-order chi connectivity index (χ1) is 12.6. The molecule has 27 heavy (non-hydrogen) atoms. The number of benzene rings is 1. The molecule has 0 aromatic heterocycles. The molecule has 1 aliphatic heterocycles. The smallest absolute Gasteiger partial charge is 0.409 e. The Kier molecular flexibility index (Phi) is 6.94. The highest BCUT2D eigenvalue weighted by Crippen LogP contribution is 2.25. The van der Waals surface area contributed by atoms with Crippen LogP contribution >= 0.6 is 11.6 Å². The zero-order valence-electron chi connectivity index (χ0n) is 15.6. The fourth-order valence-electron chi connectivity index (χ4n) is 2.54. The highest BCUT2D eigenvalue weighted by Gasteiger charge is 2.26. The van der Waals surface area contributed by atoms with Gasteiger partial charge in [-0.2, -0.15) is 0 Å². The van der Waals surface area contributed by atoms with Gasteiger partial charge < -0.3 is 14.5 Å². The first-order valence-electron chi connectivity index (χ1n) is 8.55. The van der Waals surface area contributed by atoms with Crippen LogP contribution in [0.5, 0.6) is 0 Å². The van der Waals surface area contributed by atoms with Crippen LogP contribution in [-0.4, -0.2) is 69.3 Å². The van der Waals surface area contributed by atoms with Gasteiger partial charge in [-0.15, -0.1) is 0 Å². The number of amides is 2. The number of nitrogens with zero attached hydrogens (tertiary/aromatic N) is 2. The zero-order chi connectivity index (χ0) is 20.2. The summed E-state index contributed by atoms with van der Waals surface area (Å²) >= 11 is 5.99. The standard InChI is InChI=1S/C17H24ClN3O5S/c1-12(2)11-26-17(23)21-8-6-20(7-9-21)16(22)13-4-5-14(18)15(10-13)19-27(3,24)25/h4-5,10,12,19H,6-9,11H2,1-3H3. The molecule has 1 saturated heterocycles. The first-order valence-corrected chi connectivity index (χ1v) is 10.8. The predicted octanol–water partition coefficient (Wildman–Crippen LogP) is 2.26. The fraction of sp³-hybridized carbons (Fsp3) is 0.529. The van der Waals surface area contributed by atoms with Crippen LogP contribution in [0.4, 0.5) is 10.5 Å². The summed E-state index contributed by atoms with van der Waals surface area (Å²) in [6.07, 6.45) is 0.636. The van der Waals surface area contributed by atoms with Crippen molar-refractivity contribution in [1.29, 1.82) is 0 Å². The molecule has 1 heterocycles. The van der Waals surface area contributed by atoms with Crippen molar-refractivity contribution in [3.05, 3.63) is 28.8 Å². The van der Waals surface area contributed by atoms with Crippen molar-refractivity contribution in [2.24, 2.45) is 5.92 Å². The lowest BCUT2D eigenvalue weighted by Gasteiger charge is -2.34. The van der Waals surface area contributed by atoms with Crippen LogP contribution in [-0.2, 0) is 14.8 Å².